The lowest BCUT2D eigenvalue weighted by molar-refractivity contribution is -0.183. The van der Waals surface area contributed by atoms with E-state index in [0.29, 0.717) is 12.8 Å². The first-order chi connectivity index (χ1) is 8.97. The van der Waals surface area contributed by atoms with Crippen LogP contribution in [0.15, 0.2) is 24.4 Å². The van der Waals surface area contributed by atoms with Crippen LogP contribution in [0.25, 0.3) is 0 Å². The van der Waals surface area contributed by atoms with Gasteiger partial charge in [0.15, 0.2) is 0 Å². The lowest BCUT2D eigenvalue weighted by Crippen LogP contribution is -2.41. The van der Waals surface area contributed by atoms with E-state index in [4.69, 9.17) is 0 Å². The Morgan fingerprint density at radius 1 is 1.32 bits per heavy atom. The van der Waals surface area contributed by atoms with Gasteiger partial charge in [-0.1, -0.05) is 12.5 Å². The van der Waals surface area contributed by atoms with Crippen molar-refractivity contribution in [3.05, 3.63) is 30.1 Å². The van der Waals surface area contributed by atoms with Crippen LogP contribution in [0.1, 0.15) is 36.2 Å². The van der Waals surface area contributed by atoms with Crippen molar-refractivity contribution in [2.75, 3.05) is 0 Å². The number of nitrogens with zero attached hydrogens (tertiary/aromatic N) is 1. The molecule has 0 spiro atoms. The molecule has 1 fully saturated rings. The molecular weight excluding hydrogens is 257 g/mol. The number of aromatic nitrogens is 1. The van der Waals surface area contributed by atoms with Crippen LogP contribution in [0.3, 0.4) is 0 Å². The minimum Gasteiger partial charge on any atom is -0.348 e. The molecule has 2 unspecified atom stereocenters. The summed E-state index contributed by atoms with van der Waals surface area (Å²) in [5, 5.41) is 2.64. The fourth-order valence-corrected chi connectivity index (χ4v) is 2.37. The first-order valence-electron chi connectivity index (χ1n) is 6.25. The number of amides is 1. The highest BCUT2D eigenvalue weighted by atomic mass is 19.4. The van der Waals surface area contributed by atoms with Gasteiger partial charge in [0.1, 0.15) is 5.69 Å². The largest absolute Gasteiger partial charge is 0.391 e. The van der Waals surface area contributed by atoms with Gasteiger partial charge < -0.3 is 5.32 Å². The molecule has 2 rings (SSSR count). The zero-order chi connectivity index (χ0) is 13.9. The Morgan fingerprint density at radius 3 is 2.74 bits per heavy atom. The second-order valence-corrected chi connectivity index (χ2v) is 4.79. The fraction of sp³-hybridized carbons (Fsp3) is 0.538. The summed E-state index contributed by atoms with van der Waals surface area (Å²) in [6, 6.07) is 4.47. The van der Waals surface area contributed by atoms with Crippen molar-refractivity contribution >= 4 is 5.91 Å². The maximum absolute atomic E-state index is 12.6. The number of alkyl halides is 3. The van der Waals surface area contributed by atoms with Gasteiger partial charge in [0, 0.05) is 12.2 Å². The summed E-state index contributed by atoms with van der Waals surface area (Å²) >= 11 is 0. The average Bonchev–Trinajstić information content (AvgIpc) is 2.39. The van der Waals surface area contributed by atoms with E-state index in [0.717, 1.165) is 0 Å². The van der Waals surface area contributed by atoms with Crippen LogP contribution in [-0.2, 0) is 0 Å². The van der Waals surface area contributed by atoms with Crippen LogP contribution in [-0.4, -0.2) is 23.1 Å². The van der Waals surface area contributed by atoms with Crippen LogP contribution in [0.2, 0.25) is 0 Å². The van der Waals surface area contributed by atoms with Crippen molar-refractivity contribution in [2.24, 2.45) is 5.92 Å². The van der Waals surface area contributed by atoms with Crippen molar-refractivity contribution in [1.82, 2.24) is 10.3 Å². The van der Waals surface area contributed by atoms with Crippen LogP contribution < -0.4 is 5.32 Å². The number of pyridine rings is 1. The molecule has 1 aromatic rings. The standard InChI is InChI=1S/C13H15F3N2O/c14-13(15,16)9-4-3-5-10(8-9)18-12(19)11-6-1-2-7-17-11/h1-2,6-7,9-10H,3-5,8H2,(H,18,19). The number of carbonyl (C=O) groups excluding carboxylic acids is 1. The summed E-state index contributed by atoms with van der Waals surface area (Å²) < 4.78 is 37.9. The molecule has 1 aliphatic carbocycles. The zero-order valence-electron chi connectivity index (χ0n) is 10.3. The minimum absolute atomic E-state index is 0.0396. The maximum atomic E-state index is 12.6. The molecule has 1 N–H and O–H groups in total. The average molecular weight is 272 g/mol. The molecular formula is C13H15F3N2O. The highest BCUT2D eigenvalue weighted by Crippen LogP contribution is 2.37. The highest BCUT2D eigenvalue weighted by molar-refractivity contribution is 5.92. The number of carbonyl (C=O) groups is 1. The van der Waals surface area contributed by atoms with Gasteiger partial charge in [0.2, 0.25) is 0 Å². The predicted octanol–water partition coefficient (Wildman–Crippen LogP) is 2.93. The number of hydrogen-bond acceptors (Lipinski definition) is 2. The van der Waals surface area contributed by atoms with Crippen LogP contribution in [0.4, 0.5) is 13.2 Å². The third kappa shape index (κ3) is 3.68. The van der Waals surface area contributed by atoms with E-state index < -0.39 is 24.0 Å². The molecule has 1 amide bonds. The molecule has 2 atom stereocenters. The summed E-state index contributed by atoms with van der Waals surface area (Å²) in [5.74, 6) is -1.72. The highest BCUT2D eigenvalue weighted by Gasteiger charge is 2.42. The van der Waals surface area contributed by atoms with E-state index in [2.05, 4.69) is 10.3 Å². The third-order valence-corrected chi connectivity index (χ3v) is 3.37. The normalized spacial score (nSPS) is 23.9. The second-order valence-electron chi connectivity index (χ2n) is 4.79. The molecule has 0 aliphatic heterocycles. The van der Waals surface area contributed by atoms with E-state index in [9.17, 15) is 18.0 Å². The van der Waals surface area contributed by atoms with Crippen LogP contribution in [0.5, 0.6) is 0 Å². The lowest BCUT2D eigenvalue weighted by atomic mass is 9.85. The smallest absolute Gasteiger partial charge is 0.348 e. The summed E-state index contributed by atoms with van der Waals surface area (Å²) in [5.41, 5.74) is 0.233. The molecule has 0 aromatic carbocycles. The summed E-state index contributed by atoms with van der Waals surface area (Å²) in [4.78, 5) is 15.7. The Kier molecular flexibility index (Phi) is 4.07. The van der Waals surface area contributed by atoms with Gasteiger partial charge in [-0.3, -0.25) is 9.78 Å². The molecule has 0 bridgehead atoms. The Labute approximate surface area is 109 Å². The summed E-state index contributed by atoms with van der Waals surface area (Å²) in [6.45, 7) is 0. The number of hydrogen-bond donors (Lipinski definition) is 1. The van der Waals surface area contributed by atoms with E-state index in [1.165, 1.54) is 6.20 Å². The van der Waals surface area contributed by atoms with Gasteiger partial charge in [0.25, 0.3) is 5.91 Å². The maximum Gasteiger partial charge on any atom is 0.391 e. The minimum atomic E-state index is -4.17. The van der Waals surface area contributed by atoms with E-state index in [1.54, 1.807) is 18.2 Å². The van der Waals surface area contributed by atoms with Crippen molar-refractivity contribution in [2.45, 2.75) is 37.9 Å². The first-order valence-corrected chi connectivity index (χ1v) is 6.25. The molecule has 104 valence electrons. The summed E-state index contributed by atoms with van der Waals surface area (Å²) in [6.07, 6.45) is -1.51. The van der Waals surface area contributed by atoms with Crippen molar-refractivity contribution in [3.8, 4) is 0 Å². The molecule has 1 aliphatic rings. The fourth-order valence-electron chi connectivity index (χ4n) is 2.37. The van der Waals surface area contributed by atoms with Gasteiger partial charge in [-0.05, 0) is 31.4 Å². The summed E-state index contributed by atoms with van der Waals surface area (Å²) in [7, 11) is 0. The monoisotopic (exact) mass is 272 g/mol. The first kappa shape index (κ1) is 13.8. The van der Waals surface area contributed by atoms with Crippen molar-refractivity contribution in [3.63, 3.8) is 0 Å². The molecule has 6 heteroatoms. The molecule has 1 heterocycles. The molecule has 0 saturated heterocycles. The Hall–Kier alpha value is -1.59. The molecule has 19 heavy (non-hydrogen) atoms. The van der Waals surface area contributed by atoms with Crippen LogP contribution in [0, 0.1) is 5.92 Å². The van der Waals surface area contributed by atoms with Crippen molar-refractivity contribution in [1.29, 1.82) is 0 Å². The van der Waals surface area contributed by atoms with Gasteiger partial charge in [-0.15, -0.1) is 0 Å². The van der Waals surface area contributed by atoms with Crippen LogP contribution >= 0.6 is 0 Å². The predicted molar refractivity (Wildman–Crippen MR) is 63.5 cm³/mol. The Bertz CT molecular complexity index is 433. The third-order valence-electron chi connectivity index (χ3n) is 3.37. The van der Waals surface area contributed by atoms with Crippen molar-refractivity contribution < 1.29 is 18.0 Å². The van der Waals surface area contributed by atoms with E-state index >= 15 is 0 Å². The SMILES string of the molecule is O=C(NC1CCCC(C(F)(F)F)C1)c1ccccn1. The Morgan fingerprint density at radius 2 is 2.11 bits per heavy atom. The molecule has 0 radical (unpaired) electrons. The van der Waals surface area contributed by atoms with Gasteiger partial charge in [0.05, 0.1) is 5.92 Å². The second kappa shape index (κ2) is 5.59. The van der Waals surface area contributed by atoms with Gasteiger partial charge in [-0.2, -0.15) is 13.2 Å². The Balaban J connectivity index is 1.94. The lowest BCUT2D eigenvalue weighted by Gasteiger charge is -2.30. The van der Waals surface area contributed by atoms with Gasteiger partial charge in [-0.25, -0.2) is 0 Å². The van der Waals surface area contributed by atoms with E-state index in [1.807, 2.05) is 0 Å². The quantitative estimate of drug-likeness (QED) is 0.899. The molecule has 1 saturated carbocycles. The number of halogens is 3. The van der Waals surface area contributed by atoms with E-state index in [-0.39, 0.29) is 18.5 Å². The molecule has 1 aromatic heterocycles. The molecule has 3 nitrogen and oxygen atoms in total. The zero-order valence-corrected chi connectivity index (χ0v) is 10.3. The number of nitrogens with one attached hydrogen (secondary N) is 1. The topological polar surface area (TPSA) is 42.0 Å². The number of rotatable bonds is 2. The van der Waals surface area contributed by atoms with Gasteiger partial charge >= 0.3 is 6.18 Å².